The summed E-state index contributed by atoms with van der Waals surface area (Å²) in [6, 6.07) is 2.11. The van der Waals surface area contributed by atoms with Gasteiger partial charge < -0.3 is 0 Å². The minimum absolute atomic E-state index is 0.0465. The van der Waals surface area contributed by atoms with Crippen molar-refractivity contribution in [3.63, 3.8) is 0 Å². The van der Waals surface area contributed by atoms with E-state index in [0.717, 1.165) is 6.26 Å². The molecule has 0 bridgehead atoms. The molecule has 0 aliphatic rings. The molecule has 0 spiro atoms. The summed E-state index contributed by atoms with van der Waals surface area (Å²) in [6.45, 7) is 1.56. The topological polar surface area (TPSA) is 50.3 Å². The molecule has 1 atom stereocenters. The van der Waals surface area contributed by atoms with Crippen molar-refractivity contribution in [2.24, 2.45) is 0 Å². The molecule has 21 heavy (non-hydrogen) atoms. The Morgan fingerprint density at radius 1 is 1.38 bits per heavy atom. The zero-order valence-corrected chi connectivity index (χ0v) is 13.3. The van der Waals surface area contributed by atoms with Crippen molar-refractivity contribution in [3.8, 4) is 0 Å². The lowest BCUT2D eigenvalue weighted by molar-refractivity contribution is -0.142. The van der Waals surface area contributed by atoms with Crippen LogP contribution in [0.1, 0.15) is 18.2 Å². The van der Waals surface area contributed by atoms with Crippen molar-refractivity contribution in [1.29, 1.82) is 0 Å². The Morgan fingerprint density at radius 3 is 2.43 bits per heavy atom. The SMILES string of the molecule is C[C@@H](CS(C)(=O)=O)N(C)Cc1ccc(Cl)nc1C(F)(F)F. The maximum Gasteiger partial charge on any atom is 0.433 e. The van der Waals surface area contributed by atoms with Gasteiger partial charge in [-0.1, -0.05) is 17.7 Å². The first-order chi connectivity index (χ1) is 9.40. The van der Waals surface area contributed by atoms with Crippen molar-refractivity contribution in [3.05, 3.63) is 28.5 Å². The predicted molar refractivity (Wildman–Crippen MR) is 74.9 cm³/mol. The van der Waals surface area contributed by atoms with E-state index in [1.165, 1.54) is 17.0 Å². The lowest BCUT2D eigenvalue weighted by atomic mass is 10.1. The lowest BCUT2D eigenvalue weighted by Crippen LogP contribution is -2.35. The molecule has 1 rings (SSSR count). The van der Waals surface area contributed by atoms with E-state index in [2.05, 4.69) is 4.98 Å². The van der Waals surface area contributed by atoms with Crippen molar-refractivity contribution in [2.45, 2.75) is 25.7 Å². The van der Waals surface area contributed by atoms with Gasteiger partial charge in [-0.2, -0.15) is 13.2 Å². The fraction of sp³-hybridized carbons (Fsp3) is 0.583. The molecule has 0 saturated heterocycles. The zero-order chi connectivity index (χ0) is 16.4. The predicted octanol–water partition coefficient (Wildman–Crippen LogP) is 2.62. The molecular formula is C12H16ClF3N2O2S. The highest BCUT2D eigenvalue weighted by molar-refractivity contribution is 7.90. The standard InChI is InChI=1S/C12H16ClF3N2O2S/c1-8(7-21(3,19)20)18(2)6-9-4-5-10(13)17-11(9)12(14,15)16/h4-5,8H,6-7H2,1-3H3/t8-/m0/s1. The van der Waals surface area contributed by atoms with Gasteiger partial charge in [0.2, 0.25) is 0 Å². The van der Waals surface area contributed by atoms with Gasteiger partial charge in [0, 0.05) is 18.8 Å². The molecule has 0 aliphatic carbocycles. The van der Waals surface area contributed by atoms with Gasteiger partial charge in [0.05, 0.1) is 5.75 Å². The minimum atomic E-state index is -4.61. The van der Waals surface area contributed by atoms with E-state index in [1.807, 2.05) is 0 Å². The molecule has 0 radical (unpaired) electrons. The Balaban J connectivity index is 2.98. The molecule has 120 valence electrons. The van der Waals surface area contributed by atoms with Crippen LogP contribution in [-0.4, -0.2) is 43.4 Å². The van der Waals surface area contributed by atoms with Crippen molar-refractivity contribution in [2.75, 3.05) is 19.1 Å². The number of aromatic nitrogens is 1. The summed E-state index contributed by atoms with van der Waals surface area (Å²) in [5, 5.41) is -0.238. The van der Waals surface area contributed by atoms with Gasteiger partial charge >= 0.3 is 6.18 Å². The Hall–Kier alpha value is -0.860. The Morgan fingerprint density at radius 2 is 1.95 bits per heavy atom. The number of halogens is 4. The lowest BCUT2D eigenvalue weighted by Gasteiger charge is -2.25. The van der Waals surface area contributed by atoms with Crippen molar-refractivity contribution >= 4 is 21.4 Å². The van der Waals surface area contributed by atoms with Crippen LogP contribution in [0.2, 0.25) is 5.15 Å². The summed E-state index contributed by atoms with van der Waals surface area (Å²) < 4.78 is 61.2. The second-order valence-corrected chi connectivity index (χ2v) is 7.57. The highest BCUT2D eigenvalue weighted by Crippen LogP contribution is 2.32. The molecular weight excluding hydrogens is 329 g/mol. The maximum absolute atomic E-state index is 12.9. The van der Waals surface area contributed by atoms with Crippen LogP contribution in [0.15, 0.2) is 12.1 Å². The Labute approximate surface area is 126 Å². The van der Waals surface area contributed by atoms with Crippen LogP contribution in [0.4, 0.5) is 13.2 Å². The summed E-state index contributed by atoms with van der Waals surface area (Å²) >= 11 is 5.51. The van der Waals surface area contributed by atoms with Crippen molar-refractivity contribution in [1.82, 2.24) is 9.88 Å². The van der Waals surface area contributed by atoms with Crippen molar-refractivity contribution < 1.29 is 21.6 Å². The summed E-state index contributed by atoms with van der Waals surface area (Å²) in [6.07, 6.45) is -3.52. The Kier molecular flexibility index (Phi) is 5.63. The van der Waals surface area contributed by atoms with Gasteiger partial charge in [-0.05, 0) is 25.6 Å². The van der Waals surface area contributed by atoms with E-state index in [0.29, 0.717) is 0 Å². The van der Waals surface area contributed by atoms with Crippen LogP contribution in [0.5, 0.6) is 0 Å². The van der Waals surface area contributed by atoms with E-state index < -0.39 is 27.7 Å². The second-order valence-electron chi connectivity index (χ2n) is 5.00. The Bertz CT molecular complexity index is 605. The van der Waals surface area contributed by atoms with Crippen LogP contribution in [0.25, 0.3) is 0 Å². The molecule has 0 amide bonds. The number of rotatable bonds is 5. The van der Waals surface area contributed by atoms with Gasteiger partial charge in [0.1, 0.15) is 15.0 Å². The first kappa shape index (κ1) is 18.2. The van der Waals surface area contributed by atoms with E-state index >= 15 is 0 Å². The minimum Gasteiger partial charge on any atom is -0.298 e. The molecule has 1 aromatic heterocycles. The normalized spacial score (nSPS) is 14.5. The first-order valence-corrected chi connectivity index (χ1v) is 8.44. The van der Waals surface area contributed by atoms with Crippen LogP contribution < -0.4 is 0 Å². The second kappa shape index (κ2) is 6.50. The van der Waals surface area contributed by atoms with Gasteiger partial charge in [-0.15, -0.1) is 0 Å². The molecule has 4 nitrogen and oxygen atoms in total. The maximum atomic E-state index is 12.9. The van der Waals surface area contributed by atoms with Gasteiger partial charge in [0.25, 0.3) is 0 Å². The molecule has 1 heterocycles. The highest BCUT2D eigenvalue weighted by Gasteiger charge is 2.36. The molecule has 0 saturated carbocycles. The van der Waals surface area contributed by atoms with Gasteiger partial charge in [0.15, 0.2) is 5.69 Å². The number of hydrogen-bond donors (Lipinski definition) is 0. The molecule has 9 heteroatoms. The summed E-state index contributed by atoms with van der Waals surface area (Å²) in [5.41, 5.74) is -1.09. The number of hydrogen-bond acceptors (Lipinski definition) is 4. The average molecular weight is 345 g/mol. The third-order valence-electron chi connectivity index (χ3n) is 2.93. The fourth-order valence-electron chi connectivity index (χ4n) is 1.83. The van der Waals surface area contributed by atoms with Gasteiger partial charge in [-0.25, -0.2) is 13.4 Å². The fourth-order valence-corrected chi connectivity index (χ4v) is 3.11. The third kappa shape index (κ3) is 5.80. The van der Waals surface area contributed by atoms with Crippen LogP contribution in [0.3, 0.4) is 0 Å². The molecule has 0 aliphatic heterocycles. The number of sulfone groups is 1. The number of alkyl halides is 3. The average Bonchev–Trinajstić information content (AvgIpc) is 2.27. The monoisotopic (exact) mass is 344 g/mol. The highest BCUT2D eigenvalue weighted by atomic mass is 35.5. The molecule has 1 aromatic rings. The van der Waals surface area contributed by atoms with Crippen LogP contribution in [-0.2, 0) is 22.6 Å². The summed E-state index contributed by atoms with van der Waals surface area (Å²) in [7, 11) is -1.65. The third-order valence-corrected chi connectivity index (χ3v) is 4.23. The quantitative estimate of drug-likeness (QED) is 0.770. The van der Waals surface area contributed by atoms with E-state index in [-0.39, 0.29) is 23.0 Å². The van der Waals surface area contributed by atoms with Gasteiger partial charge in [-0.3, -0.25) is 4.90 Å². The number of pyridine rings is 1. The molecule has 0 unspecified atom stereocenters. The van der Waals surface area contributed by atoms with E-state index in [4.69, 9.17) is 11.6 Å². The first-order valence-electron chi connectivity index (χ1n) is 6.00. The summed E-state index contributed by atoms with van der Waals surface area (Å²) in [5.74, 6) is -0.133. The van der Waals surface area contributed by atoms with E-state index in [1.54, 1.807) is 14.0 Å². The number of nitrogens with zero attached hydrogens (tertiary/aromatic N) is 2. The van der Waals surface area contributed by atoms with Crippen LogP contribution in [0, 0.1) is 0 Å². The molecule has 0 N–H and O–H groups in total. The summed E-state index contributed by atoms with van der Waals surface area (Å²) in [4.78, 5) is 4.86. The molecule has 0 aromatic carbocycles. The van der Waals surface area contributed by atoms with E-state index in [9.17, 15) is 21.6 Å². The zero-order valence-electron chi connectivity index (χ0n) is 11.8. The largest absolute Gasteiger partial charge is 0.433 e. The van der Waals surface area contributed by atoms with Crippen LogP contribution >= 0.6 is 11.6 Å². The molecule has 0 fully saturated rings. The smallest absolute Gasteiger partial charge is 0.298 e.